The summed E-state index contributed by atoms with van der Waals surface area (Å²) in [6.07, 6.45) is 1.74. The Hall–Kier alpha value is -4.40. The number of ether oxygens (including phenoxy) is 2. The largest absolute Gasteiger partial charge is 0.445 e. The predicted octanol–water partition coefficient (Wildman–Crippen LogP) is 2.83. The summed E-state index contributed by atoms with van der Waals surface area (Å²) in [5.41, 5.74) is 5.06. The van der Waals surface area contributed by atoms with Gasteiger partial charge in [0.15, 0.2) is 0 Å². The first kappa shape index (κ1) is 42.6. The molecule has 15 nitrogen and oxygen atoms in total. The van der Waals surface area contributed by atoms with Crippen molar-refractivity contribution in [2.24, 2.45) is 11.7 Å². The van der Waals surface area contributed by atoms with Crippen molar-refractivity contribution in [3.05, 3.63) is 29.8 Å². The second-order valence-corrected chi connectivity index (χ2v) is 13.0. The van der Waals surface area contributed by atoms with Gasteiger partial charge in [0.2, 0.25) is 23.6 Å². The summed E-state index contributed by atoms with van der Waals surface area (Å²) in [6, 6.07) is 4.00. The highest BCUT2D eigenvalue weighted by atomic mass is 16.5. The van der Waals surface area contributed by atoms with Crippen molar-refractivity contribution in [1.82, 2.24) is 26.6 Å². The maximum atomic E-state index is 13.6. The van der Waals surface area contributed by atoms with E-state index in [0.717, 1.165) is 0 Å². The highest BCUT2D eigenvalue weighted by Gasteiger charge is 2.33. The number of carbonyl (C=O) groups excluding carboxylic acids is 6. The van der Waals surface area contributed by atoms with Crippen molar-refractivity contribution < 1.29 is 38.2 Å². The lowest BCUT2D eigenvalue weighted by Crippen LogP contribution is -2.55. The van der Waals surface area contributed by atoms with Crippen LogP contribution in [0.15, 0.2) is 24.3 Å². The quantitative estimate of drug-likeness (QED) is 0.0949. The van der Waals surface area contributed by atoms with Crippen LogP contribution in [0.25, 0.3) is 0 Å². The maximum Gasteiger partial charge on any atom is 0.407 e. The lowest BCUT2D eigenvalue weighted by Gasteiger charge is -2.33. The van der Waals surface area contributed by atoms with Crippen molar-refractivity contribution in [1.29, 1.82) is 0 Å². The smallest absolute Gasteiger partial charge is 0.407 e. The van der Waals surface area contributed by atoms with Gasteiger partial charge in [-0.2, -0.15) is 0 Å². The molecular formula is C34H57N7O8. The SMILES string of the molecule is CCC(C)(CCOC(C)(CC)CC(=O)NC(C(=O)N[C@H](CCCNC(N)=O)C(=O)Nc1ccc(COC(=O)NC)cc1)C(C)C)NC(C)=O. The molecule has 8 N–H and O–H groups in total. The Morgan fingerprint density at radius 1 is 0.939 bits per heavy atom. The van der Waals surface area contributed by atoms with E-state index in [1.165, 1.54) is 14.0 Å². The summed E-state index contributed by atoms with van der Waals surface area (Å²) in [5.74, 6) is -1.86. The molecule has 3 unspecified atom stereocenters. The zero-order valence-electron chi connectivity index (χ0n) is 30.2. The minimum Gasteiger partial charge on any atom is -0.445 e. The zero-order valence-corrected chi connectivity index (χ0v) is 30.2. The topological polar surface area (TPSA) is 219 Å². The number of anilines is 1. The van der Waals surface area contributed by atoms with Gasteiger partial charge in [-0.3, -0.25) is 19.2 Å². The molecule has 0 heterocycles. The lowest BCUT2D eigenvalue weighted by molar-refractivity contribution is -0.135. The molecule has 1 aromatic rings. The Labute approximate surface area is 289 Å². The van der Waals surface area contributed by atoms with Crippen molar-refractivity contribution in [2.75, 3.05) is 25.5 Å². The lowest BCUT2D eigenvalue weighted by atomic mass is 9.93. The van der Waals surface area contributed by atoms with Gasteiger partial charge in [0.25, 0.3) is 0 Å². The normalized spacial score (nSPS) is 14.6. The van der Waals surface area contributed by atoms with E-state index in [9.17, 15) is 28.8 Å². The van der Waals surface area contributed by atoms with Gasteiger partial charge >= 0.3 is 12.1 Å². The second-order valence-electron chi connectivity index (χ2n) is 13.0. The molecule has 0 radical (unpaired) electrons. The van der Waals surface area contributed by atoms with E-state index in [-0.39, 0.29) is 43.7 Å². The molecular weight excluding hydrogens is 634 g/mol. The first-order valence-corrected chi connectivity index (χ1v) is 16.8. The molecule has 0 aliphatic heterocycles. The van der Waals surface area contributed by atoms with Crippen LogP contribution in [0.1, 0.15) is 92.6 Å². The minimum atomic E-state index is -1.00. The third-order valence-corrected chi connectivity index (χ3v) is 8.31. The highest BCUT2D eigenvalue weighted by Crippen LogP contribution is 2.23. The van der Waals surface area contributed by atoms with E-state index in [1.807, 2.05) is 27.7 Å². The average Bonchev–Trinajstić information content (AvgIpc) is 3.03. The fourth-order valence-corrected chi connectivity index (χ4v) is 4.84. The van der Waals surface area contributed by atoms with E-state index in [4.69, 9.17) is 15.2 Å². The molecule has 0 spiro atoms. The first-order valence-electron chi connectivity index (χ1n) is 16.8. The predicted molar refractivity (Wildman–Crippen MR) is 186 cm³/mol. The molecule has 7 amide bonds. The summed E-state index contributed by atoms with van der Waals surface area (Å²) in [5, 5.41) is 16.2. The third kappa shape index (κ3) is 16.5. The van der Waals surface area contributed by atoms with Crippen LogP contribution in [-0.4, -0.2) is 79.2 Å². The second kappa shape index (κ2) is 20.9. The van der Waals surface area contributed by atoms with E-state index < -0.39 is 47.2 Å². The molecule has 0 bridgehead atoms. The molecule has 49 heavy (non-hydrogen) atoms. The summed E-state index contributed by atoms with van der Waals surface area (Å²) >= 11 is 0. The van der Waals surface area contributed by atoms with E-state index in [0.29, 0.717) is 43.5 Å². The molecule has 0 saturated carbocycles. The van der Waals surface area contributed by atoms with Gasteiger partial charge in [0, 0.05) is 38.3 Å². The number of primary amides is 1. The number of hydrogen-bond donors (Lipinski definition) is 7. The number of nitrogens with one attached hydrogen (secondary N) is 6. The number of nitrogens with two attached hydrogens (primary N) is 1. The summed E-state index contributed by atoms with van der Waals surface area (Å²) in [6.45, 7) is 13.3. The van der Waals surface area contributed by atoms with Crippen LogP contribution in [0.2, 0.25) is 0 Å². The van der Waals surface area contributed by atoms with Gasteiger partial charge in [-0.15, -0.1) is 0 Å². The van der Waals surface area contributed by atoms with Gasteiger partial charge in [-0.1, -0.05) is 39.8 Å². The van der Waals surface area contributed by atoms with Crippen LogP contribution in [0.4, 0.5) is 15.3 Å². The summed E-state index contributed by atoms with van der Waals surface area (Å²) in [4.78, 5) is 74.3. The summed E-state index contributed by atoms with van der Waals surface area (Å²) < 4.78 is 11.2. The monoisotopic (exact) mass is 691 g/mol. The molecule has 0 aromatic heterocycles. The molecule has 0 saturated heterocycles. The third-order valence-electron chi connectivity index (χ3n) is 8.31. The molecule has 4 atom stereocenters. The minimum absolute atomic E-state index is 0.00414. The molecule has 1 rings (SSSR count). The fraction of sp³-hybridized carbons (Fsp3) is 0.647. The van der Waals surface area contributed by atoms with Crippen LogP contribution in [-0.2, 0) is 35.3 Å². The van der Waals surface area contributed by atoms with Crippen LogP contribution in [0, 0.1) is 5.92 Å². The molecule has 1 aromatic carbocycles. The van der Waals surface area contributed by atoms with Crippen LogP contribution >= 0.6 is 0 Å². The Morgan fingerprint density at radius 2 is 1.59 bits per heavy atom. The van der Waals surface area contributed by atoms with Crippen molar-refractivity contribution >= 4 is 41.4 Å². The number of amides is 7. The number of benzene rings is 1. The van der Waals surface area contributed by atoms with Crippen molar-refractivity contribution in [3.8, 4) is 0 Å². The summed E-state index contributed by atoms with van der Waals surface area (Å²) in [7, 11) is 1.46. The Bertz CT molecular complexity index is 1260. The van der Waals surface area contributed by atoms with E-state index >= 15 is 0 Å². The Morgan fingerprint density at radius 3 is 2.12 bits per heavy atom. The standard InChI is InChI=1S/C34H57N7O8/c1-9-33(6,41-23(5)42)17-19-49-34(7,10-2)20-27(43)40-28(22(3)4)30(45)39-26(12-11-18-37-31(35)46)29(44)38-25-15-13-24(14-16-25)21-48-32(47)36-8/h13-16,22,26,28H,9-12,17-21H2,1-8H3,(H,36,47)(H,38,44)(H,39,45)(H,40,43)(H,41,42)(H3,35,37,46)/t26-,28?,33?,34?/m1/s1. The van der Waals surface area contributed by atoms with Crippen LogP contribution < -0.4 is 37.6 Å². The van der Waals surface area contributed by atoms with Crippen molar-refractivity contribution in [2.45, 2.75) is 117 Å². The first-order chi connectivity index (χ1) is 23.0. The number of urea groups is 1. The Balaban J connectivity index is 2.97. The molecule has 276 valence electrons. The number of carbonyl (C=O) groups is 6. The van der Waals surface area contributed by atoms with Gasteiger partial charge in [-0.25, -0.2) is 9.59 Å². The number of alkyl carbamates (subject to hydrolysis) is 1. The number of hydrogen-bond acceptors (Lipinski definition) is 8. The van der Waals surface area contributed by atoms with E-state index in [2.05, 4.69) is 31.9 Å². The van der Waals surface area contributed by atoms with Gasteiger partial charge in [0.1, 0.15) is 18.7 Å². The zero-order chi connectivity index (χ0) is 37.2. The molecule has 15 heteroatoms. The van der Waals surface area contributed by atoms with Gasteiger partial charge in [0.05, 0.1) is 12.0 Å². The molecule has 0 aliphatic rings. The van der Waals surface area contributed by atoms with Crippen molar-refractivity contribution in [3.63, 3.8) is 0 Å². The van der Waals surface area contributed by atoms with Gasteiger partial charge in [-0.05, 0) is 69.6 Å². The van der Waals surface area contributed by atoms with Crippen LogP contribution in [0.5, 0.6) is 0 Å². The fourth-order valence-electron chi connectivity index (χ4n) is 4.84. The van der Waals surface area contributed by atoms with E-state index in [1.54, 1.807) is 38.1 Å². The average molecular weight is 692 g/mol. The van der Waals surface area contributed by atoms with Crippen LogP contribution in [0.3, 0.4) is 0 Å². The maximum absolute atomic E-state index is 13.6. The molecule has 0 fully saturated rings. The van der Waals surface area contributed by atoms with Gasteiger partial charge < -0.3 is 47.1 Å². The Kier molecular flexibility index (Phi) is 18.1. The molecule has 0 aliphatic carbocycles. The highest BCUT2D eigenvalue weighted by molar-refractivity contribution is 5.98. The number of rotatable bonds is 21.